The quantitative estimate of drug-likeness (QED) is 0.112. The van der Waals surface area contributed by atoms with E-state index in [0.717, 1.165) is 78.9 Å². The summed E-state index contributed by atoms with van der Waals surface area (Å²) in [5.74, 6) is 2.93. The zero-order chi connectivity index (χ0) is 48.1. The highest BCUT2D eigenvalue weighted by atomic mass is 16.6. The summed E-state index contributed by atoms with van der Waals surface area (Å²) in [6.45, 7) is 12.1. The van der Waals surface area contributed by atoms with Crippen LogP contribution in [0, 0.1) is 11.8 Å². The molecule has 1 saturated carbocycles. The van der Waals surface area contributed by atoms with Crippen molar-refractivity contribution in [3.8, 4) is 23.0 Å². The van der Waals surface area contributed by atoms with Gasteiger partial charge in [-0.15, -0.1) is 0 Å². The van der Waals surface area contributed by atoms with E-state index in [9.17, 15) is 4.79 Å². The van der Waals surface area contributed by atoms with Crippen LogP contribution in [0.15, 0.2) is 36.8 Å². The molecule has 2 aromatic heterocycles. The Balaban J connectivity index is 1.18. The Kier molecular flexibility index (Phi) is 15.2. The summed E-state index contributed by atoms with van der Waals surface area (Å²) in [4.78, 5) is 63.1. The molecule has 5 heterocycles. The molecule has 2 aromatic carbocycles. The van der Waals surface area contributed by atoms with Crippen LogP contribution in [0.1, 0.15) is 94.0 Å². The number of fused-ring (bicyclic) bond motifs is 4. The number of ether oxygens (including phenoxy) is 5. The van der Waals surface area contributed by atoms with Gasteiger partial charge < -0.3 is 43.3 Å². The predicted octanol–water partition coefficient (Wildman–Crippen LogP) is 6.49. The Morgan fingerprint density at radius 2 is 1.51 bits per heavy atom. The minimum Gasteiger partial charge on any atom is -0.493 e. The number of aromatic nitrogens is 4. The topological polar surface area (TPSA) is 157 Å². The van der Waals surface area contributed by atoms with E-state index in [4.69, 9.17) is 28.7 Å². The van der Waals surface area contributed by atoms with Crippen LogP contribution in [0.3, 0.4) is 0 Å². The molecule has 2 fully saturated rings. The van der Waals surface area contributed by atoms with Gasteiger partial charge in [0.1, 0.15) is 12.1 Å². The second kappa shape index (κ2) is 21.2. The van der Waals surface area contributed by atoms with Gasteiger partial charge in [-0.25, -0.2) is 19.4 Å². The van der Waals surface area contributed by atoms with Crippen molar-refractivity contribution in [2.24, 2.45) is 11.8 Å². The molecular formula is C51H71N9O8. The number of unbranched alkanes of at least 4 members (excludes halogenated alkanes) is 1. The maximum atomic E-state index is 15.2. The Morgan fingerprint density at radius 3 is 2.21 bits per heavy atom. The first-order valence-electron chi connectivity index (χ1n) is 24.7. The molecule has 0 radical (unpaired) electrons. The molecule has 1 saturated heterocycles. The fourth-order valence-corrected chi connectivity index (χ4v) is 11.6. The van der Waals surface area contributed by atoms with Crippen molar-refractivity contribution in [1.29, 1.82) is 0 Å². The third kappa shape index (κ3) is 9.09. The maximum Gasteiger partial charge on any atom is 0.409 e. The number of anilines is 1. The number of piperazine rings is 1. The SMILES string of the molecule is CCCCOC(=O)N(C)CCC(=O)N1CCc2cc(OC)c(OC)cc2C12CCC(C(=O)N1CCN(c3ncnc4c3cnn4CCC)CC1)CC2C1c2cc(OC)c(OC)cc2CCN1CC. The minimum atomic E-state index is -0.861. The van der Waals surface area contributed by atoms with Crippen molar-refractivity contribution in [3.05, 3.63) is 59.0 Å². The number of aryl methyl sites for hydroxylation is 1. The van der Waals surface area contributed by atoms with E-state index in [2.05, 4.69) is 69.8 Å². The summed E-state index contributed by atoms with van der Waals surface area (Å²) in [5, 5.41) is 5.52. The van der Waals surface area contributed by atoms with Crippen molar-refractivity contribution in [2.75, 3.05) is 99.4 Å². The summed E-state index contributed by atoms with van der Waals surface area (Å²) < 4.78 is 31.2. The first-order valence-corrected chi connectivity index (χ1v) is 24.7. The van der Waals surface area contributed by atoms with E-state index in [0.29, 0.717) is 88.0 Å². The number of likely N-dealkylation sites (N-methyl/N-ethyl adjacent to an activating group) is 1. The van der Waals surface area contributed by atoms with Crippen molar-refractivity contribution in [2.45, 2.75) is 96.7 Å². The second-order valence-corrected chi connectivity index (χ2v) is 18.6. The summed E-state index contributed by atoms with van der Waals surface area (Å²) in [6.07, 6.45) is 8.88. The zero-order valence-corrected chi connectivity index (χ0v) is 41.4. The van der Waals surface area contributed by atoms with Gasteiger partial charge in [0, 0.05) is 83.7 Å². The van der Waals surface area contributed by atoms with Gasteiger partial charge in [0.25, 0.3) is 0 Å². The monoisotopic (exact) mass is 938 g/mol. The predicted molar refractivity (Wildman–Crippen MR) is 259 cm³/mol. The number of hydrogen-bond donors (Lipinski definition) is 0. The van der Waals surface area contributed by atoms with Gasteiger partial charge in [-0.2, -0.15) is 5.10 Å². The fourth-order valence-electron chi connectivity index (χ4n) is 11.6. The minimum absolute atomic E-state index is 0.0463. The van der Waals surface area contributed by atoms with Crippen LogP contribution in [0.4, 0.5) is 10.6 Å². The number of benzene rings is 2. The molecular weight excluding hydrogens is 867 g/mol. The lowest BCUT2D eigenvalue weighted by molar-refractivity contribution is -0.153. The molecule has 1 spiro atoms. The van der Waals surface area contributed by atoms with Crippen LogP contribution < -0.4 is 23.8 Å². The van der Waals surface area contributed by atoms with Gasteiger partial charge in [-0.05, 0) is 98.0 Å². The number of nitrogens with zero attached hydrogens (tertiary/aromatic N) is 9. The number of rotatable bonds is 16. The fraction of sp³-hybridized carbons (Fsp3) is 0.608. The van der Waals surface area contributed by atoms with Gasteiger partial charge in [0.15, 0.2) is 28.6 Å². The highest BCUT2D eigenvalue weighted by Crippen LogP contribution is 2.59. The third-order valence-corrected chi connectivity index (χ3v) is 15.1. The van der Waals surface area contributed by atoms with Gasteiger partial charge in [0.2, 0.25) is 11.8 Å². The molecule has 4 unspecified atom stereocenters. The largest absolute Gasteiger partial charge is 0.493 e. The molecule has 0 bridgehead atoms. The first-order chi connectivity index (χ1) is 33.0. The van der Waals surface area contributed by atoms with Crippen LogP contribution >= 0.6 is 0 Å². The van der Waals surface area contributed by atoms with Gasteiger partial charge >= 0.3 is 6.09 Å². The average molecular weight is 938 g/mol. The smallest absolute Gasteiger partial charge is 0.409 e. The van der Waals surface area contributed by atoms with Gasteiger partial charge in [0.05, 0.1) is 52.2 Å². The number of carbonyl (C=O) groups is 3. The molecule has 68 heavy (non-hydrogen) atoms. The molecule has 3 amide bonds. The van der Waals surface area contributed by atoms with E-state index >= 15 is 9.59 Å². The molecule has 4 aromatic rings. The van der Waals surface area contributed by atoms with E-state index < -0.39 is 11.6 Å². The van der Waals surface area contributed by atoms with Crippen molar-refractivity contribution in [1.82, 2.24) is 39.3 Å². The summed E-state index contributed by atoms with van der Waals surface area (Å²) in [5.41, 5.74) is 4.37. The highest BCUT2D eigenvalue weighted by Gasteiger charge is 2.58. The third-order valence-electron chi connectivity index (χ3n) is 15.1. The van der Waals surface area contributed by atoms with E-state index in [-0.39, 0.29) is 42.7 Å². The molecule has 3 aliphatic heterocycles. The Hall–Kier alpha value is -5.84. The van der Waals surface area contributed by atoms with Crippen LogP contribution in [0.5, 0.6) is 23.0 Å². The lowest BCUT2D eigenvalue weighted by atomic mass is 9.58. The number of amides is 3. The number of carbonyl (C=O) groups excluding carboxylic acids is 3. The zero-order valence-electron chi connectivity index (χ0n) is 41.4. The summed E-state index contributed by atoms with van der Waals surface area (Å²) >= 11 is 0. The lowest BCUT2D eigenvalue weighted by Crippen LogP contribution is -2.63. The average Bonchev–Trinajstić information content (AvgIpc) is 3.79. The molecule has 17 nitrogen and oxygen atoms in total. The van der Waals surface area contributed by atoms with Crippen molar-refractivity contribution < 1.29 is 38.1 Å². The Bertz CT molecular complexity index is 2440. The van der Waals surface area contributed by atoms with Gasteiger partial charge in [-0.3, -0.25) is 14.5 Å². The van der Waals surface area contributed by atoms with E-state index in [1.807, 2.05) is 15.8 Å². The molecule has 8 rings (SSSR count). The highest BCUT2D eigenvalue weighted by molar-refractivity contribution is 5.87. The van der Waals surface area contributed by atoms with E-state index in [1.54, 1.807) is 41.8 Å². The Labute approximate surface area is 401 Å². The maximum absolute atomic E-state index is 15.2. The number of hydrogen-bond acceptors (Lipinski definition) is 13. The van der Waals surface area contributed by atoms with E-state index in [1.165, 1.54) is 10.5 Å². The lowest BCUT2D eigenvalue weighted by Gasteiger charge is -2.59. The van der Waals surface area contributed by atoms with Gasteiger partial charge in [-0.1, -0.05) is 27.2 Å². The standard InChI is InChI=1S/C51H71N9O8/c1-9-12-26-68-50(63)55(4)19-16-45(61)59-21-15-35-29-42(65-6)44(67-8)31-39(35)51(59)17-13-36(27-40(51)46-37-30-43(66-7)41(64-5)28-34(37)14-20-56(46)11-3)49(62)58-24-22-57(23-25-58)47-38-32-54-60(18-10-2)48(38)53-33-52-47/h28-33,36,40,46H,9-27H2,1-8H3. The number of methoxy groups -OCH3 is 4. The second-order valence-electron chi connectivity index (χ2n) is 18.6. The molecule has 1 aliphatic carbocycles. The van der Waals surface area contributed by atoms with Crippen molar-refractivity contribution >= 4 is 34.8 Å². The molecule has 368 valence electrons. The Morgan fingerprint density at radius 1 is 0.824 bits per heavy atom. The first kappa shape index (κ1) is 48.6. The molecule has 17 heteroatoms. The summed E-state index contributed by atoms with van der Waals surface area (Å²) in [7, 11) is 8.31. The summed E-state index contributed by atoms with van der Waals surface area (Å²) in [6, 6.07) is 8.19. The van der Waals surface area contributed by atoms with Crippen molar-refractivity contribution in [3.63, 3.8) is 0 Å². The molecule has 0 N–H and O–H groups in total. The van der Waals surface area contributed by atoms with Crippen LogP contribution in [-0.4, -0.2) is 152 Å². The van der Waals surface area contributed by atoms with Crippen LogP contribution in [-0.2, 0) is 39.3 Å². The molecule has 4 aliphatic rings. The molecule has 4 atom stereocenters. The van der Waals surface area contributed by atoms with Crippen LogP contribution in [0.25, 0.3) is 11.0 Å². The normalized spacial score (nSPS) is 21.6. The van der Waals surface area contributed by atoms with Crippen LogP contribution in [0.2, 0.25) is 0 Å².